The van der Waals surface area contributed by atoms with E-state index in [2.05, 4.69) is 21.2 Å². The van der Waals surface area contributed by atoms with Crippen molar-refractivity contribution in [3.8, 4) is 0 Å². The molecule has 2 aromatic rings. The number of aliphatic hydroxyl groups excluding tert-OH is 1. The van der Waals surface area contributed by atoms with Gasteiger partial charge in [-0.2, -0.15) is 0 Å². The summed E-state index contributed by atoms with van der Waals surface area (Å²) in [6, 6.07) is 13.1. The molecule has 0 saturated carbocycles. The fourth-order valence-electron chi connectivity index (χ4n) is 7.24. The molecule has 45 heavy (non-hydrogen) atoms. The number of fused-ring (bicyclic) bond motifs is 2. The van der Waals surface area contributed by atoms with Crippen LogP contribution in [-0.4, -0.2) is 77.7 Å². The van der Waals surface area contributed by atoms with Crippen molar-refractivity contribution in [3.63, 3.8) is 0 Å². The number of carbonyl (C=O) groups is 4. The van der Waals surface area contributed by atoms with Gasteiger partial charge >= 0.3 is 5.97 Å². The first-order valence-electron chi connectivity index (χ1n) is 15.2. The molecule has 0 aliphatic carbocycles. The Morgan fingerprint density at radius 3 is 2.44 bits per heavy atom. The topological polar surface area (TPSA) is 125 Å². The molecule has 10 nitrogen and oxygen atoms in total. The van der Waals surface area contributed by atoms with E-state index < -0.39 is 53.4 Å². The van der Waals surface area contributed by atoms with Crippen LogP contribution in [0.4, 0.5) is 5.69 Å². The first kappa shape index (κ1) is 31.2. The molecule has 2 fully saturated rings. The number of β-amino-alcohol motifs (C(OH)–C–C–N with tert-alkyl or cyclic N) is 1. The molecule has 4 aliphatic rings. The van der Waals surface area contributed by atoms with Crippen molar-refractivity contribution >= 4 is 45.3 Å². The molecule has 6 atom stereocenters. The SMILES string of the molecule is Cc1cccc(C)c1N1C/C=C\CCC(=O)OC[C@H](c2ccccc2)NC(=O)[C@H]2[C@@H]3O[C@@]4(C=C3Br)[C@@H]2C(=O)N(CCO)[C@@H]4C1=O. The van der Waals surface area contributed by atoms with Gasteiger partial charge in [0.1, 0.15) is 24.4 Å². The largest absolute Gasteiger partial charge is 0.463 e. The summed E-state index contributed by atoms with van der Waals surface area (Å²) in [4.78, 5) is 59.0. The third-order valence-corrected chi connectivity index (χ3v) is 9.86. The number of cyclic esters (lactones) is 1. The molecule has 4 heterocycles. The van der Waals surface area contributed by atoms with Gasteiger partial charge in [-0.1, -0.05) is 76.6 Å². The van der Waals surface area contributed by atoms with Crippen molar-refractivity contribution in [2.24, 2.45) is 11.8 Å². The Labute approximate surface area is 270 Å². The van der Waals surface area contributed by atoms with E-state index in [0.29, 0.717) is 16.6 Å². The number of aryl methyl sites for hydroxylation is 2. The number of likely N-dealkylation sites (tertiary alicyclic amines) is 1. The van der Waals surface area contributed by atoms with Gasteiger partial charge in [0.05, 0.1) is 24.5 Å². The van der Waals surface area contributed by atoms with Gasteiger partial charge in [-0.15, -0.1) is 0 Å². The van der Waals surface area contributed by atoms with E-state index in [1.54, 1.807) is 11.0 Å². The van der Waals surface area contributed by atoms with Gasteiger partial charge < -0.3 is 29.7 Å². The standard InChI is InChI=1S/C34H36BrN3O7/c1-20-10-9-11-21(2)28(20)37-15-8-4-7-14-25(40)44-19-24(22-12-5-3-6-13-22)36-31(41)26-27-32(42)38(16-17-39)30(33(37)43)34(27)18-23(35)29(26)45-34/h3-6,8-13,18,24,26-27,29-30,39H,7,14-17,19H2,1-2H3,(H,36,41)/b8-4-/t24-,26-,27+,29-,30-,34+/m1/s1. The van der Waals surface area contributed by atoms with Crippen molar-refractivity contribution in [2.75, 3.05) is 31.2 Å². The number of anilines is 1. The third kappa shape index (κ3) is 5.40. The lowest BCUT2D eigenvalue weighted by Gasteiger charge is -2.36. The van der Waals surface area contributed by atoms with Crippen LogP contribution in [0, 0.1) is 25.7 Å². The number of carbonyl (C=O) groups excluding carboxylic acids is 4. The van der Waals surface area contributed by atoms with Crippen LogP contribution in [-0.2, 0) is 28.7 Å². The predicted molar refractivity (Wildman–Crippen MR) is 169 cm³/mol. The molecule has 3 amide bonds. The number of hydrogen-bond acceptors (Lipinski definition) is 7. The van der Waals surface area contributed by atoms with Gasteiger partial charge in [0, 0.05) is 29.7 Å². The lowest BCUT2D eigenvalue weighted by atomic mass is 9.74. The minimum atomic E-state index is -1.43. The summed E-state index contributed by atoms with van der Waals surface area (Å²) in [5.41, 5.74) is 1.75. The molecule has 0 unspecified atom stereocenters. The zero-order valence-corrected chi connectivity index (χ0v) is 26.7. The Balaban J connectivity index is 1.47. The second-order valence-corrected chi connectivity index (χ2v) is 12.9. The predicted octanol–water partition coefficient (Wildman–Crippen LogP) is 3.25. The van der Waals surface area contributed by atoms with Crippen LogP contribution >= 0.6 is 15.9 Å². The van der Waals surface area contributed by atoms with Gasteiger partial charge in [0.2, 0.25) is 11.8 Å². The number of nitrogens with zero attached hydrogens (tertiary/aromatic N) is 2. The van der Waals surface area contributed by atoms with Crippen molar-refractivity contribution < 1.29 is 33.8 Å². The maximum atomic E-state index is 14.9. The number of nitrogens with one attached hydrogen (secondary N) is 1. The van der Waals surface area contributed by atoms with Crippen molar-refractivity contribution in [2.45, 2.75) is 50.5 Å². The van der Waals surface area contributed by atoms with E-state index in [1.807, 2.05) is 74.5 Å². The zero-order chi connectivity index (χ0) is 31.9. The van der Waals surface area contributed by atoms with Gasteiger partial charge in [0.15, 0.2) is 0 Å². The lowest BCUT2D eigenvalue weighted by molar-refractivity contribution is -0.145. The highest BCUT2D eigenvalue weighted by molar-refractivity contribution is 9.11. The number of hydrogen-bond donors (Lipinski definition) is 2. The van der Waals surface area contributed by atoms with E-state index in [-0.39, 0.29) is 38.6 Å². The number of benzene rings is 2. The molecule has 2 saturated heterocycles. The molecule has 2 N–H and O–H groups in total. The van der Waals surface area contributed by atoms with E-state index in [9.17, 15) is 24.3 Å². The van der Waals surface area contributed by atoms with Crippen molar-refractivity contribution in [3.05, 3.63) is 87.9 Å². The van der Waals surface area contributed by atoms with Crippen LogP contribution < -0.4 is 10.2 Å². The van der Waals surface area contributed by atoms with Crippen LogP contribution in [0.5, 0.6) is 0 Å². The van der Waals surface area contributed by atoms with Gasteiger partial charge in [-0.3, -0.25) is 19.2 Å². The molecule has 0 aromatic heterocycles. The van der Waals surface area contributed by atoms with E-state index in [4.69, 9.17) is 9.47 Å². The number of esters is 1. The second-order valence-electron chi connectivity index (χ2n) is 11.9. The minimum absolute atomic E-state index is 0.0879. The smallest absolute Gasteiger partial charge is 0.306 e. The Morgan fingerprint density at radius 2 is 1.73 bits per heavy atom. The average molecular weight is 679 g/mol. The Morgan fingerprint density at radius 1 is 1.00 bits per heavy atom. The molecular weight excluding hydrogens is 642 g/mol. The van der Waals surface area contributed by atoms with Crippen LogP contribution in [0.15, 0.2) is 71.2 Å². The van der Waals surface area contributed by atoms with Crippen LogP contribution in [0.3, 0.4) is 0 Å². The molecule has 11 heteroatoms. The average Bonchev–Trinajstić information content (AvgIpc) is 3.61. The Bertz CT molecular complexity index is 1560. The summed E-state index contributed by atoms with van der Waals surface area (Å²) in [5, 5.41) is 13.0. The second kappa shape index (κ2) is 12.5. The first-order valence-corrected chi connectivity index (χ1v) is 16.0. The monoisotopic (exact) mass is 677 g/mol. The highest BCUT2D eigenvalue weighted by atomic mass is 79.9. The summed E-state index contributed by atoms with van der Waals surface area (Å²) in [5.74, 6) is -3.66. The summed E-state index contributed by atoms with van der Waals surface area (Å²) >= 11 is 3.58. The number of allylic oxidation sites excluding steroid dienone is 1. The van der Waals surface area contributed by atoms with Crippen LogP contribution in [0.2, 0.25) is 0 Å². The van der Waals surface area contributed by atoms with Gasteiger partial charge in [-0.25, -0.2) is 0 Å². The number of rotatable bonds is 4. The highest BCUT2D eigenvalue weighted by Crippen LogP contribution is 2.58. The van der Waals surface area contributed by atoms with Crippen LogP contribution in [0.25, 0.3) is 0 Å². The first-order chi connectivity index (χ1) is 21.7. The maximum Gasteiger partial charge on any atom is 0.306 e. The number of amides is 3. The normalized spacial score (nSPS) is 31.0. The van der Waals surface area contributed by atoms with E-state index in [1.165, 1.54) is 4.90 Å². The third-order valence-electron chi connectivity index (χ3n) is 9.18. The van der Waals surface area contributed by atoms with Crippen molar-refractivity contribution in [1.29, 1.82) is 0 Å². The maximum absolute atomic E-state index is 14.9. The quantitative estimate of drug-likeness (QED) is 0.376. The molecule has 236 valence electrons. The molecular formula is C34H36BrN3O7. The van der Waals surface area contributed by atoms with E-state index >= 15 is 0 Å². The molecule has 5 bridgehead atoms. The molecule has 6 rings (SSSR count). The van der Waals surface area contributed by atoms with E-state index in [0.717, 1.165) is 16.7 Å². The number of aliphatic hydroxyl groups is 1. The summed E-state index contributed by atoms with van der Waals surface area (Å²) in [6.07, 6.45) is 5.15. The fraction of sp³-hybridized carbons (Fsp3) is 0.412. The number of para-hydroxylation sites is 1. The lowest BCUT2D eigenvalue weighted by Crippen LogP contribution is -2.56. The fourth-order valence-corrected chi connectivity index (χ4v) is 7.97. The Hall–Kier alpha value is -3.80. The number of halogens is 1. The van der Waals surface area contributed by atoms with Crippen LogP contribution in [0.1, 0.15) is 35.6 Å². The zero-order valence-electron chi connectivity index (χ0n) is 25.1. The molecule has 2 aromatic carbocycles. The molecule has 1 spiro atoms. The highest BCUT2D eigenvalue weighted by Gasteiger charge is 2.74. The van der Waals surface area contributed by atoms with Gasteiger partial charge in [0.25, 0.3) is 5.91 Å². The minimum Gasteiger partial charge on any atom is -0.463 e. The number of ether oxygens (including phenoxy) is 2. The summed E-state index contributed by atoms with van der Waals surface area (Å²) in [7, 11) is 0. The van der Waals surface area contributed by atoms with Gasteiger partial charge in [-0.05, 0) is 43.0 Å². The summed E-state index contributed by atoms with van der Waals surface area (Å²) < 4.78 is 12.7. The molecule has 0 radical (unpaired) electrons. The molecule has 4 aliphatic heterocycles. The summed E-state index contributed by atoms with van der Waals surface area (Å²) in [6.45, 7) is 3.46. The Kier molecular flexibility index (Phi) is 8.69. The van der Waals surface area contributed by atoms with Crippen molar-refractivity contribution in [1.82, 2.24) is 10.2 Å².